The third-order valence-corrected chi connectivity index (χ3v) is 3.43. The van der Waals surface area contributed by atoms with Crippen LogP contribution >= 0.6 is 0 Å². The molecule has 1 aliphatic heterocycles. The Bertz CT molecular complexity index is 187. The van der Waals surface area contributed by atoms with E-state index in [1.54, 1.807) is 0 Å². The zero-order valence-electron chi connectivity index (χ0n) is 8.47. The van der Waals surface area contributed by atoms with E-state index in [4.69, 9.17) is 5.11 Å². The van der Waals surface area contributed by atoms with Gasteiger partial charge in [0.1, 0.15) is 0 Å². The number of hydrogen-bond donors (Lipinski definition) is 2. The van der Waals surface area contributed by atoms with Gasteiger partial charge in [0, 0.05) is 12.0 Å². The van der Waals surface area contributed by atoms with Gasteiger partial charge in [0.2, 0.25) is 0 Å². The van der Waals surface area contributed by atoms with Crippen LogP contribution in [0.1, 0.15) is 39.5 Å². The first kappa shape index (κ1) is 10.5. The summed E-state index contributed by atoms with van der Waals surface area (Å²) in [7, 11) is 0. The van der Waals surface area contributed by atoms with Crippen LogP contribution in [0.15, 0.2) is 0 Å². The topological polar surface area (TPSA) is 49.3 Å². The van der Waals surface area contributed by atoms with Crippen molar-refractivity contribution in [3.63, 3.8) is 0 Å². The summed E-state index contributed by atoms with van der Waals surface area (Å²) in [5.74, 6) is -0.347. The number of nitrogens with one attached hydrogen (secondary N) is 1. The van der Waals surface area contributed by atoms with Crippen LogP contribution in [0.3, 0.4) is 0 Å². The third kappa shape index (κ3) is 2.02. The Balaban J connectivity index is 2.66. The molecule has 1 saturated heterocycles. The van der Waals surface area contributed by atoms with Crippen LogP contribution in [0.5, 0.6) is 0 Å². The molecule has 1 atom stereocenters. The second-order valence-corrected chi connectivity index (χ2v) is 3.87. The second-order valence-electron chi connectivity index (χ2n) is 3.87. The maximum atomic E-state index is 10.6. The van der Waals surface area contributed by atoms with Gasteiger partial charge in [-0.15, -0.1) is 0 Å². The summed E-state index contributed by atoms with van der Waals surface area (Å²) in [5, 5.41) is 12.2. The van der Waals surface area contributed by atoms with Crippen molar-refractivity contribution in [3.8, 4) is 0 Å². The normalized spacial score (nSPS) is 26.2. The average Bonchev–Trinajstić information content (AvgIpc) is 2.48. The summed E-state index contributed by atoms with van der Waals surface area (Å²) in [6, 6.07) is 0. The van der Waals surface area contributed by atoms with E-state index in [-0.39, 0.29) is 5.54 Å². The molecule has 3 heteroatoms. The highest BCUT2D eigenvalue weighted by Gasteiger charge is 2.40. The highest BCUT2D eigenvalue weighted by atomic mass is 16.4. The lowest BCUT2D eigenvalue weighted by atomic mass is 9.79. The molecule has 0 spiro atoms. The van der Waals surface area contributed by atoms with Gasteiger partial charge in [0.25, 0.3) is 0 Å². The maximum Gasteiger partial charge on any atom is 0.303 e. The summed E-state index contributed by atoms with van der Waals surface area (Å²) in [6.45, 7) is 5.24. The van der Waals surface area contributed by atoms with Gasteiger partial charge in [-0.25, -0.2) is 0 Å². The van der Waals surface area contributed by atoms with E-state index in [1.807, 2.05) is 0 Å². The molecule has 1 heterocycles. The quantitative estimate of drug-likeness (QED) is 0.700. The molecule has 2 N–H and O–H groups in total. The van der Waals surface area contributed by atoms with Crippen LogP contribution < -0.4 is 5.32 Å². The van der Waals surface area contributed by atoms with E-state index in [0.717, 1.165) is 25.8 Å². The summed E-state index contributed by atoms with van der Waals surface area (Å²) in [6.07, 6.45) is 3.38. The molecule has 0 saturated carbocycles. The average molecular weight is 185 g/mol. The molecule has 1 aliphatic rings. The molecule has 1 fully saturated rings. The number of hydrogen-bond acceptors (Lipinski definition) is 2. The van der Waals surface area contributed by atoms with Gasteiger partial charge in [-0.05, 0) is 31.7 Å². The van der Waals surface area contributed by atoms with Gasteiger partial charge in [0.15, 0.2) is 0 Å². The molecule has 1 rings (SSSR count). The minimum absolute atomic E-state index is 0.0956. The first-order chi connectivity index (χ1) is 6.14. The lowest BCUT2D eigenvalue weighted by Gasteiger charge is -2.33. The van der Waals surface area contributed by atoms with Crippen LogP contribution in [0.2, 0.25) is 0 Å². The molecule has 1 unspecified atom stereocenters. The van der Waals surface area contributed by atoms with Crippen molar-refractivity contribution < 1.29 is 9.90 Å². The molecule has 0 bridgehead atoms. The number of aliphatic carboxylic acids is 1. The Kier molecular flexibility index (Phi) is 3.31. The zero-order chi connectivity index (χ0) is 9.90. The van der Waals surface area contributed by atoms with Crippen molar-refractivity contribution in [1.29, 1.82) is 0 Å². The van der Waals surface area contributed by atoms with Gasteiger partial charge < -0.3 is 10.4 Å². The number of carbonyl (C=O) groups is 1. The van der Waals surface area contributed by atoms with Crippen molar-refractivity contribution in [2.24, 2.45) is 5.92 Å². The number of carboxylic acid groups (broad SMARTS) is 1. The minimum Gasteiger partial charge on any atom is -0.481 e. The summed E-state index contributed by atoms with van der Waals surface area (Å²) >= 11 is 0. The van der Waals surface area contributed by atoms with Crippen LogP contribution in [0.4, 0.5) is 0 Å². The lowest BCUT2D eigenvalue weighted by Crippen LogP contribution is -2.44. The smallest absolute Gasteiger partial charge is 0.303 e. The molecule has 3 nitrogen and oxygen atoms in total. The van der Waals surface area contributed by atoms with E-state index < -0.39 is 5.97 Å². The van der Waals surface area contributed by atoms with Gasteiger partial charge in [0.05, 0.1) is 0 Å². The van der Waals surface area contributed by atoms with Crippen LogP contribution in [-0.4, -0.2) is 23.2 Å². The Hall–Kier alpha value is -0.570. The fraction of sp³-hybridized carbons (Fsp3) is 0.900. The fourth-order valence-corrected chi connectivity index (χ4v) is 2.50. The number of rotatable bonds is 4. The molecule has 76 valence electrons. The molecular weight excluding hydrogens is 166 g/mol. The summed E-state index contributed by atoms with van der Waals surface area (Å²) in [5.41, 5.74) is 0.0956. The minimum atomic E-state index is -0.667. The Labute approximate surface area is 79.5 Å². The van der Waals surface area contributed by atoms with E-state index in [1.165, 1.54) is 0 Å². The van der Waals surface area contributed by atoms with E-state index in [0.29, 0.717) is 12.3 Å². The van der Waals surface area contributed by atoms with Crippen molar-refractivity contribution >= 4 is 5.97 Å². The van der Waals surface area contributed by atoms with E-state index in [9.17, 15) is 4.79 Å². The monoisotopic (exact) mass is 185 g/mol. The first-order valence-electron chi connectivity index (χ1n) is 5.11. The Morgan fingerprint density at radius 1 is 1.54 bits per heavy atom. The van der Waals surface area contributed by atoms with Gasteiger partial charge in [-0.1, -0.05) is 13.8 Å². The van der Waals surface area contributed by atoms with Gasteiger partial charge in [-0.3, -0.25) is 4.79 Å². The van der Waals surface area contributed by atoms with Crippen LogP contribution in [0.25, 0.3) is 0 Å². The molecule has 0 amide bonds. The predicted molar refractivity (Wildman–Crippen MR) is 51.7 cm³/mol. The van der Waals surface area contributed by atoms with Crippen molar-refractivity contribution in [2.75, 3.05) is 6.54 Å². The fourth-order valence-electron chi connectivity index (χ4n) is 2.50. The zero-order valence-corrected chi connectivity index (χ0v) is 8.47. The summed E-state index contributed by atoms with van der Waals surface area (Å²) in [4.78, 5) is 10.6. The molecule has 0 aromatic rings. The third-order valence-electron chi connectivity index (χ3n) is 3.43. The van der Waals surface area contributed by atoms with Crippen LogP contribution in [0, 0.1) is 5.92 Å². The standard InChI is InChI=1S/C10H19NO2/c1-3-10(4-2)8(5-6-11-10)7-9(12)13/h8,11H,3-7H2,1-2H3,(H,12,13). The molecule has 13 heavy (non-hydrogen) atoms. The number of carboxylic acids is 1. The van der Waals surface area contributed by atoms with Crippen LogP contribution in [-0.2, 0) is 4.79 Å². The maximum absolute atomic E-state index is 10.6. The second kappa shape index (κ2) is 4.09. The Morgan fingerprint density at radius 2 is 2.15 bits per heavy atom. The van der Waals surface area contributed by atoms with Gasteiger partial charge in [-0.2, -0.15) is 0 Å². The SMILES string of the molecule is CCC1(CC)NCCC1CC(=O)O. The Morgan fingerprint density at radius 3 is 2.62 bits per heavy atom. The molecule has 0 aromatic heterocycles. The predicted octanol–water partition coefficient (Wildman–Crippen LogP) is 1.63. The highest BCUT2D eigenvalue weighted by molar-refractivity contribution is 5.67. The molecule has 0 radical (unpaired) electrons. The molecule has 0 aliphatic carbocycles. The van der Waals surface area contributed by atoms with Crippen molar-refractivity contribution in [1.82, 2.24) is 5.32 Å². The van der Waals surface area contributed by atoms with Crippen molar-refractivity contribution in [3.05, 3.63) is 0 Å². The van der Waals surface area contributed by atoms with Crippen molar-refractivity contribution in [2.45, 2.75) is 45.1 Å². The van der Waals surface area contributed by atoms with E-state index >= 15 is 0 Å². The lowest BCUT2D eigenvalue weighted by molar-refractivity contribution is -0.138. The molecule has 0 aromatic carbocycles. The largest absolute Gasteiger partial charge is 0.481 e. The van der Waals surface area contributed by atoms with E-state index in [2.05, 4.69) is 19.2 Å². The molecular formula is C10H19NO2. The highest BCUT2D eigenvalue weighted by Crippen LogP contribution is 2.34. The first-order valence-corrected chi connectivity index (χ1v) is 5.11. The van der Waals surface area contributed by atoms with Gasteiger partial charge >= 0.3 is 5.97 Å². The summed E-state index contributed by atoms with van der Waals surface area (Å²) < 4.78 is 0.